The van der Waals surface area contributed by atoms with Crippen LogP contribution in [0.3, 0.4) is 0 Å². The number of benzene rings is 2. The quantitative estimate of drug-likeness (QED) is 0.550. The van der Waals surface area contributed by atoms with Crippen LogP contribution in [0.25, 0.3) is 0 Å². The predicted octanol–water partition coefficient (Wildman–Crippen LogP) is 5.61. The molecule has 1 saturated carbocycles. The standard InChI is InChI=1S/C25H31BrN2O3/c1-24(2,3)31-23(29)27-13-14-28(25(18-27)11-12-25)16-20-9-10-21(26)22(15-20)30-17-19-7-5-4-6-8-19/h4-10,15H,11-14,16-18H2,1-3H3. The zero-order valence-electron chi connectivity index (χ0n) is 18.6. The molecule has 0 aromatic heterocycles. The average Bonchev–Trinajstić information content (AvgIpc) is 3.49. The van der Waals surface area contributed by atoms with E-state index in [-0.39, 0.29) is 11.6 Å². The largest absolute Gasteiger partial charge is 0.488 e. The number of piperazine rings is 1. The summed E-state index contributed by atoms with van der Waals surface area (Å²) in [6, 6.07) is 16.5. The van der Waals surface area contributed by atoms with E-state index >= 15 is 0 Å². The van der Waals surface area contributed by atoms with Crippen molar-refractivity contribution in [3.63, 3.8) is 0 Å². The molecule has 2 aromatic rings. The van der Waals surface area contributed by atoms with Gasteiger partial charge in [-0.1, -0.05) is 36.4 Å². The minimum absolute atomic E-state index is 0.0906. The van der Waals surface area contributed by atoms with Crippen LogP contribution in [-0.4, -0.2) is 46.7 Å². The second-order valence-corrected chi connectivity index (χ2v) is 10.4. The summed E-state index contributed by atoms with van der Waals surface area (Å²) >= 11 is 3.61. The maximum Gasteiger partial charge on any atom is 0.410 e. The first-order chi connectivity index (χ1) is 14.7. The van der Waals surface area contributed by atoms with Gasteiger partial charge in [-0.05, 0) is 72.8 Å². The summed E-state index contributed by atoms with van der Waals surface area (Å²) in [7, 11) is 0. The van der Waals surface area contributed by atoms with Crippen molar-refractivity contribution in [2.45, 2.75) is 57.9 Å². The second-order valence-electron chi connectivity index (χ2n) is 9.59. The molecular weight excluding hydrogens is 456 g/mol. The van der Waals surface area contributed by atoms with Crippen LogP contribution < -0.4 is 4.74 Å². The lowest BCUT2D eigenvalue weighted by molar-refractivity contribution is -0.00239. The molecule has 5 nitrogen and oxygen atoms in total. The molecule has 166 valence electrons. The number of ether oxygens (including phenoxy) is 2. The van der Waals surface area contributed by atoms with Gasteiger partial charge in [-0.2, -0.15) is 0 Å². The maximum atomic E-state index is 12.5. The van der Waals surface area contributed by atoms with Gasteiger partial charge in [0.1, 0.15) is 18.0 Å². The summed E-state index contributed by atoms with van der Waals surface area (Å²) < 4.78 is 12.6. The van der Waals surface area contributed by atoms with Crippen molar-refractivity contribution < 1.29 is 14.3 Å². The molecule has 2 aliphatic rings. The molecule has 31 heavy (non-hydrogen) atoms. The normalized spacial score (nSPS) is 18.1. The fourth-order valence-corrected chi connectivity index (χ4v) is 4.43. The Labute approximate surface area is 193 Å². The Morgan fingerprint density at radius 1 is 1.06 bits per heavy atom. The lowest BCUT2D eigenvalue weighted by Gasteiger charge is -2.42. The van der Waals surface area contributed by atoms with Crippen molar-refractivity contribution >= 4 is 22.0 Å². The van der Waals surface area contributed by atoms with Crippen molar-refractivity contribution in [2.75, 3.05) is 19.6 Å². The van der Waals surface area contributed by atoms with Gasteiger partial charge in [-0.15, -0.1) is 0 Å². The Bertz CT molecular complexity index is 922. The van der Waals surface area contributed by atoms with Crippen molar-refractivity contribution in [3.8, 4) is 5.75 Å². The Morgan fingerprint density at radius 2 is 1.81 bits per heavy atom. The maximum absolute atomic E-state index is 12.5. The molecule has 0 unspecified atom stereocenters. The van der Waals surface area contributed by atoms with Crippen LogP contribution in [-0.2, 0) is 17.9 Å². The van der Waals surface area contributed by atoms with E-state index < -0.39 is 5.60 Å². The molecule has 1 heterocycles. The van der Waals surface area contributed by atoms with Crippen molar-refractivity contribution in [3.05, 3.63) is 64.1 Å². The molecule has 1 saturated heterocycles. The van der Waals surface area contributed by atoms with Gasteiger partial charge in [-0.25, -0.2) is 4.79 Å². The molecule has 6 heteroatoms. The van der Waals surface area contributed by atoms with Gasteiger partial charge in [0.15, 0.2) is 0 Å². The number of rotatable bonds is 5. The summed E-state index contributed by atoms with van der Waals surface area (Å²) in [5, 5.41) is 0. The number of hydrogen-bond donors (Lipinski definition) is 0. The first-order valence-electron chi connectivity index (χ1n) is 10.9. The highest BCUT2D eigenvalue weighted by Gasteiger charge is 2.52. The molecule has 1 aliphatic carbocycles. The van der Waals surface area contributed by atoms with E-state index in [0.717, 1.165) is 48.3 Å². The van der Waals surface area contributed by atoms with Crippen LogP contribution in [0.4, 0.5) is 4.79 Å². The van der Waals surface area contributed by atoms with Crippen molar-refractivity contribution in [1.29, 1.82) is 0 Å². The summed E-state index contributed by atoms with van der Waals surface area (Å²) in [4.78, 5) is 16.9. The lowest BCUT2D eigenvalue weighted by atomic mass is 10.1. The van der Waals surface area contributed by atoms with Crippen LogP contribution in [0.15, 0.2) is 53.0 Å². The van der Waals surface area contributed by atoms with E-state index in [1.165, 1.54) is 5.56 Å². The van der Waals surface area contributed by atoms with Gasteiger partial charge in [0.25, 0.3) is 0 Å². The zero-order valence-corrected chi connectivity index (χ0v) is 20.2. The summed E-state index contributed by atoms with van der Waals surface area (Å²) in [6.07, 6.45) is 2.05. The van der Waals surface area contributed by atoms with Crippen LogP contribution in [0, 0.1) is 0 Å². The fourth-order valence-electron chi connectivity index (χ4n) is 4.07. The van der Waals surface area contributed by atoms with E-state index in [4.69, 9.17) is 9.47 Å². The number of nitrogens with zero attached hydrogens (tertiary/aromatic N) is 2. The van der Waals surface area contributed by atoms with Crippen LogP contribution in [0.1, 0.15) is 44.7 Å². The van der Waals surface area contributed by atoms with Gasteiger partial charge in [0.2, 0.25) is 0 Å². The Hall–Kier alpha value is -2.05. The van der Waals surface area contributed by atoms with Crippen LogP contribution >= 0.6 is 15.9 Å². The highest BCUT2D eigenvalue weighted by molar-refractivity contribution is 9.10. The molecule has 1 spiro atoms. The smallest absolute Gasteiger partial charge is 0.410 e. The topological polar surface area (TPSA) is 42.0 Å². The summed E-state index contributed by atoms with van der Waals surface area (Å²) in [6.45, 7) is 9.45. The van der Waals surface area contributed by atoms with Gasteiger partial charge in [0.05, 0.1) is 4.47 Å². The highest BCUT2D eigenvalue weighted by atomic mass is 79.9. The zero-order chi connectivity index (χ0) is 22.1. The molecule has 1 amide bonds. The summed E-state index contributed by atoms with van der Waals surface area (Å²) in [5.41, 5.74) is 2.00. The molecular formula is C25H31BrN2O3. The van der Waals surface area contributed by atoms with Gasteiger partial charge in [-0.3, -0.25) is 4.90 Å². The van der Waals surface area contributed by atoms with Crippen molar-refractivity contribution in [2.24, 2.45) is 0 Å². The molecule has 2 fully saturated rings. The molecule has 0 bridgehead atoms. The monoisotopic (exact) mass is 486 g/mol. The van der Waals surface area contributed by atoms with Gasteiger partial charge in [0, 0.05) is 31.7 Å². The molecule has 0 atom stereocenters. The van der Waals surface area contributed by atoms with Crippen LogP contribution in [0.5, 0.6) is 5.75 Å². The molecule has 2 aromatic carbocycles. The molecule has 0 N–H and O–H groups in total. The van der Waals surface area contributed by atoms with E-state index in [2.05, 4.69) is 51.2 Å². The highest BCUT2D eigenvalue weighted by Crippen LogP contribution is 2.45. The third kappa shape index (κ3) is 5.60. The molecule has 1 aliphatic heterocycles. The SMILES string of the molecule is CC(C)(C)OC(=O)N1CCN(Cc2ccc(Br)c(OCc3ccccc3)c2)C2(CC2)C1. The lowest BCUT2D eigenvalue weighted by Crippen LogP contribution is -2.56. The van der Waals surface area contributed by atoms with Crippen LogP contribution in [0.2, 0.25) is 0 Å². The Balaban J connectivity index is 1.39. The third-order valence-corrected chi connectivity index (χ3v) is 6.54. The number of amides is 1. The first kappa shape index (κ1) is 22.2. The summed E-state index contributed by atoms with van der Waals surface area (Å²) in [5.74, 6) is 0.860. The van der Waals surface area contributed by atoms with Gasteiger partial charge < -0.3 is 14.4 Å². The van der Waals surface area contributed by atoms with E-state index in [1.54, 1.807) is 0 Å². The average molecular weight is 487 g/mol. The van der Waals surface area contributed by atoms with E-state index in [9.17, 15) is 4.79 Å². The first-order valence-corrected chi connectivity index (χ1v) is 11.7. The number of carbonyl (C=O) groups is 1. The predicted molar refractivity (Wildman–Crippen MR) is 125 cm³/mol. The molecule has 4 rings (SSSR count). The number of carbonyl (C=O) groups excluding carboxylic acids is 1. The number of halogens is 1. The third-order valence-electron chi connectivity index (χ3n) is 5.88. The Morgan fingerprint density at radius 3 is 2.48 bits per heavy atom. The van der Waals surface area contributed by atoms with Gasteiger partial charge >= 0.3 is 6.09 Å². The molecule has 0 radical (unpaired) electrons. The Kier molecular flexibility index (Phi) is 6.31. The van der Waals surface area contributed by atoms with E-state index in [1.807, 2.05) is 43.9 Å². The van der Waals surface area contributed by atoms with Crippen molar-refractivity contribution in [1.82, 2.24) is 9.80 Å². The minimum atomic E-state index is -0.460. The number of hydrogen-bond acceptors (Lipinski definition) is 4. The minimum Gasteiger partial charge on any atom is -0.488 e. The second kappa shape index (κ2) is 8.83. The fraction of sp³-hybridized carbons (Fsp3) is 0.480. The van der Waals surface area contributed by atoms with E-state index in [0.29, 0.717) is 13.2 Å².